The predicted molar refractivity (Wildman–Crippen MR) is 97.1 cm³/mol. The minimum absolute atomic E-state index is 0.0140. The number of ether oxygens (including phenoxy) is 2. The van der Waals surface area contributed by atoms with Gasteiger partial charge in [0.2, 0.25) is 5.28 Å². The van der Waals surface area contributed by atoms with Crippen molar-refractivity contribution < 1.29 is 14.3 Å². The van der Waals surface area contributed by atoms with Gasteiger partial charge in [-0.15, -0.1) is 0 Å². The van der Waals surface area contributed by atoms with E-state index in [4.69, 9.17) is 26.8 Å². The van der Waals surface area contributed by atoms with Gasteiger partial charge in [-0.05, 0) is 37.1 Å². The summed E-state index contributed by atoms with van der Waals surface area (Å²) in [4.78, 5) is 19.2. The van der Waals surface area contributed by atoms with E-state index in [0.29, 0.717) is 37.6 Å². The van der Waals surface area contributed by atoms with E-state index in [9.17, 15) is 4.79 Å². The summed E-state index contributed by atoms with van der Waals surface area (Å²) in [7, 11) is 0. The van der Waals surface area contributed by atoms with Crippen molar-refractivity contribution >= 4 is 29.1 Å². The number of hydrogen-bond donors (Lipinski definition) is 2. The number of nitrogen functional groups attached to an aromatic ring is 1. The lowest BCUT2D eigenvalue weighted by molar-refractivity contribution is -0.143. The van der Waals surface area contributed by atoms with Crippen LogP contribution in [0, 0.1) is 5.92 Å². The van der Waals surface area contributed by atoms with Crippen molar-refractivity contribution in [2.75, 3.05) is 24.3 Å². The maximum Gasteiger partial charge on any atom is 0.305 e. The van der Waals surface area contributed by atoms with Crippen molar-refractivity contribution in [3.05, 3.63) is 35.5 Å². The Balaban J connectivity index is 1.82. The van der Waals surface area contributed by atoms with Gasteiger partial charge in [0.25, 0.3) is 0 Å². The summed E-state index contributed by atoms with van der Waals surface area (Å²) in [5.41, 5.74) is 6.30. The van der Waals surface area contributed by atoms with Crippen molar-refractivity contribution in [3.8, 4) is 0 Å². The van der Waals surface area contributed by atoms with Gasteiger partial charge in [0.15, 0.2) is 5.82 Å². The lowest BCUT2D eigenvalue weighted by Crippen LogP contribution is -2.27. The van der Waals surface area contributed by atoms with E-state index < -0.39 is 0 Å². The molecule has 1 aliphatic rings. The third kappa shape index (κ3) is 5.94. The standard InChI is InChI=1S/C17H23ClN4O3/c1-3-24-15(23)5-4-8-25-12-6-7-14(11(2)9-12)21-16-13(19)10-20-17(18)22-16/h6-7,9-11,14H,3-5,8,19H2,1-2H3,(H,20,21,22). The molecule has 0 radical (unpaired) electrons. The Morgan fingerprint density at radius 2 is 2.28 bits per heavy atom. The quantitative estimate of drug-likeness (QED) is 0.414. The number of esters is 1. The molecule has 0 saturated heterocycles. The molecule has 0 saturated carbocycles. The molecule has 0 spiro atoms. The molecule has 7 nitrogen and oxygen atoms in total. The lowest BCUT2D eigenvalue weighted by Gasteiger charge is -2.25. The fraction of sp³-hybridized carbons (Fsp3) is 0.471. The van der Waals surface area contributed by atoms with Gasteiger partial charge < -0.3 is 20.5 Å². The van der Waals surface area contributed by atoms with Crippen LogP contribution in [0.1, 0.15) is 26.7 Å². The monoisotopic (exact) mass is 366 g/mol. The summed E-state index contributed by atoms with van der Waals surface area (Å²) in [6, 6.07) is 0.0140. The van der Waals surface area contributed by atoms with Gasteiger partial charge in [-0.2, -0.15) is 4.98 Å². The topological polar surface area (TPSA) is 99.4 Å². The molecule has 1 aliphatic carbocycles. The van der Waals surface area contributed by atoms with E-state index >= 15 is 0 Å². The summed E-state index contributed by atoms with van der Waals surface area (Å²) in [6.07, 6.45) is 8.35. The maximum atomic E-state index is 11.3. The molecule has 136 valence electrons. The molecule has 0 aromatic carbocycles. The van der Waals surface area contributed by atoms with Crippen molar-refractivity contribution in [2.24, 2.45) is 5.92 Å². The molecule has 2 atom stereocenters. The van der Waals surface area contributed by atoms with E-state index in [1.807, 2.05) is 18.2 Å². The Kier molecular flexibility index (Phi) is 7.06. The van der Waals surface area contributed by atoms with Gasteiger partial charge >= 0.3 is 5.97 Å². The van der Waals surface area contributed by atoms with Gasteiger partial charge in [-0.25, -0.2) is 4.98 Å². The highest BCUT2D eigenvalue weighted by atomic mass is 35.5. The van der Waals surface area contributed by atoms with E-state index in [1.165, 1.54) is 6.20 Å². The van der Waals surface area contributed by atoms with Crippen LogP contribution in [0.4, 0.5) is 11.5 Å². The largest absolute Gasteiger partial charge is 0.494 e. The molecule has 1 aromatic heterocycles. The first kappa shape index (κ1) is 19.1. The highest BCUT2D eigenvalue weighted by Crippen LogP contribution is 2.24. The Morgan fingerprint density at radius 3 is 3.00 bits per heavy atom. The van der Waals surface area contributed by atoms with Crippen LogP contribution < -0.4 is 11.1 Å². The number of nitrogens with zero attached hydrogens (tertiary/aromatic N) is 2. The smallest absolute Gasteiger partial charge is 0.305 e. The molecule has 25 heavy (non-hydrogen) atoms. The van der Waals surface area contributed by atoms with Gasteiger partial charge in [-0.1, -0.05) is 13.0 Å². The summed E-state index contributed by atoms with van der Waals surface area (Å²) in [5, 5.41) is 3.39. The van der Waals surface area contributed by atoms with Crippen LogP contribution in [-0.2, 0) is 14.3 Å². The molecular weight excluding hydrogens is 344 g/mol. The number of halogens is 1. The zero-order chi connectivity index (χ0) is 18.2. The van der Waals surface area contributed by atoms with Crippen LogP contribution in [-0.4, -0.2) is 35.2 Å². The summed E-state index contributed by atoms with van der Waals surface area (Å²) < 4.78 is 10.6. The van der Waals surface area contributed by atoms with E-state index in [1.54, 1.807) is 6.92 Å². The van der Waals surface area contributed by atoms with Crippen molar-refractivity contribution in [1.82, 2.24) is 9.97 Å². The molecule has 0 bridgehead atoms. The van der Waals surface area contributed by atoms with Crippen LogP contribution in [0.5, 0.6) is 0 Å². The minimum atomic E-state index is -0.196. The van der Waals surface area contributed by atoms with E-state index in [-0.39, 0.29) is 23.2 Å². The number of hydrogen-bond acceptors (Lipinski definition) is 7. The zero-order valence-electron chi connectivity index (χ0n) is 14.4. The van der Waals surface area contributed by atoms with Crippen molar-refractivity contribution in [1.29, 1.82) is 0 Å². The molecular formula is C17H23ClN4O3. The molecule has 0 amide bonds. The first-order valence-electron chi connectivity index (χ1n) is 8.22. The number of allylic oxidation sites excluding steroid dienone is 1. The Labute approximate surface area is 152 Å². The average Bonchev–Trinajstić information content (AvgIpc) is 2.57. The van der Waals surface area contributed by atoms with E-state index in [2.05, 4.69) is 22.2 Å². The lowest BCUT2D eigenvalue weighted by atomic mass is 9.96. The normalized spacial score (nSPS) is 19.2. The third-order valence-corrected chi connectivity index (χ3v) is 3.83. The summed E-state index contributed by atoms with van der Waals surface area (Å²) >= 11 is 5.81. The maximum absolute atomic E-state index is 11.3. The predicted octanol–water partition coefficient (Wildman–Crippen LogP) is 2.94. The van der Waals surface area contributed by atoms with Gasteiger partial charge in [0.05, 0.1) is 31.1 Å². The average molecular weight is 367 g/mol. The number of aromatic nitrogens is 2. The summed E-state index contributed by atoms with van der Waals surface area (Å²) in [5.74, 6) is 1.26. The Bertz CT molecular complexity index is 663. The Morgan fingerprint density at radius 1 is 1.48 bits per heavy atom. The van der Waals surface area contributed by atoms with Crippen LogP contribution in [0.3, 0.4) is 0 Å². The third-order valence-electron chi connectivity index (χ3n) is 3.65. The second kappa shape index (κ2) is 9.27. The van der Waals surface area contributed by atoms with Crippen LogP contribution in [0.15, 0.2) is 30.2 Å². The number of rotatable bonds is 8. The molecule has 0 fully saturated rings. The number of nitrogens with two attached hydrogens (primary N) is 1. The highest BCUT2D eigenvalue weighted by molar-refractivity contribution is 6.28. The summed E-state index contributed by atoms with van der Waals surface area (Å²) in [6.45, 7) is 4.72. The molecule has 8 heteroatoms. The molecule has 1 heterocycles. The van der Waals surface area contributed by atoms with Crippen LogP contribution in [0.2, 0.25) is 5.28 Å². The van der Waals surface area contributed by atoms with Gasteiger partial charge in [0.1, 0.15) is 5.76 Å². The van der Waals surface area contributed by atoms with Crippen molar-refractivity contribution in [2.45, 2.75) is 32.7 Å². The second-order valence-electron chi connectivity index (χ2n) is 5.66. The SMILES string of the molecule is CCOC(=O)CCCOC1=CC(C)C(Nc2nc(Cl)ncc2N)C=C1. The Hall–Kier alpha value is -2.28. The molecule has 1 aromatic rings. The second-order valence-corrected chi connectivity index (χ2v) is 6.00. The molecule has 3 N–H and O–H groups in total. The van der Waals surface area contributed by atoms with Crippen LogP contribution in [0.25, 0.3) is 0 Å². The number of anilines is 2. The first-order chi connectivity index (χ1) is 12.0. The number of nitrogens with one attached hydrogen (secondary N) is 1. The molecule has 2 unspecified atom stereocenters. The van der Waals surface area contributed by atoms with E-state index in [0.717, 1.165) is 5.76 Å². The van der Waals surface area contributed by atoms with Gasteiger partial charge in [0, 0.05) is 12.3 Å². The fourth-order valence-electron chi connectivity index (χ4n) is 2.35. The number of carbonyl (C=O) groups is 1. The molecule has 2 rings (SSSR count). The zero-order valence-corrected chi connectivity index (χ0v) is 15.1. The van der Waals surface area contributed by atoms with Gasteiger partial charge in [-0.3, -0.25) is 4.79 Å². The minimum Gasteiger partial charge on any atom is -0.494 e. The first-order valence-corrected chi connectivity index (χ1v) is 8.60. The fourth-order valence-corrected chi connectivity index (χ4v) is 2.48. The van der Waals surface area contributed by atoms with Crippen LogP contribution >= 0.6 is 11.6 Å². The highest BCUT2D eigenvalue weighted by Gasteiger charge is 2.19. The number of carbonyl (C=O) groups excluding carboxylic acids is 1. The molecule has 0 aliphatic heterocycles. The van der Waals surface area contributed by atoms with Crippen molar-refractivity contribution in [3.63, 3.8) is 0 Å².